The average Bonchev–Trinajstić information content (AvgIpc) is 2.35. The van der Waals surface area contributed by atoms with Gasteiger partial charge in [0.25, 0.3) is 0 Å². The standard InChI is InChI=1S/C15H18N2O3/c1-15(2)8-12(14(17(19)20)13(18)9-15)16-10-11-6-4-3-5-7-11/h3-8,14,16H,9-10H2,1-2H3/p+1/t14-/m0/s1. The van der Waals surface area contributed by atoms with Crippen molar-refractivity contribution in [1.29, 1.82) is 0 Å². The number of hydrogen-bond acceptors (Lipinski definition) is 3. The quantitative estimate of drug-likeness (QED) is 0.664. The summed E-state index contributed by atoms with van der Waals surface area (Å²) < 4.78 is 0. The molecule has 5 heteroatoms. The summed E-state index contributed by atoms with van der Waals surface area (Å²) in [7, 11) is 0. The molecule has 1 atom stereocenters. The molecule has 0 fully saturated rings. The average molecular weight is 275 g/mol. The van der Waals surface area contributed by atoms with E-state index in [9.17, 15) is 14.9 Å². The number of benzene rings is 1. The molecule has 0 unspecified atom stereocenters. The highest BCUT2D eigenvalue weighted by Gasteiger charge is 2.44. The highest BCUT2D eigenvalue weighted by molar-refractivity contribution is 5.87. The van der Waals surface area contributed by atoms with Crippen molar-refractivity contribution in [1.82, 2.24) is 0 Å². The maximum atomic E-state index is 12.0. The van der Waals surface area contributed by atoms with E-state index in [1.807, 2.05) is 55.6 Å². The molecule has 0 saturated heterocycles. The normalized spacial score (nSPS) is 21.4. The van der Waals surface area contributed by atoms with Crippen LogP contribution in [0.25, 0.3) is 0 Å². The van der Waals surface area contributed by atoms with Gasteiger partial charge in [0.05, 0.1) is 0 Å². The monoisotopic (exact) mass is 275 g/mol. The Kier molecular flexibility index (Phi) is 3.99. The summed E-state index contributed by atoms with van der Waals surface area (Å²) in [6.45, 7) is 4.45. The van der Waals surface area contributed by atoms with E-state index in [2.05, 4.69) is 0 Å². The minimum Gasteiger partial charge on any atom is -0.308 e. The van der Waals surface area contributed by atoms with Crippen molar-refractivity contribution in [2.45, 2.75) is 32.9 Å². The van der Waals surface area contributed by atoms with Crippen molar-refractivity contribution in [2.24, 2.45) is 5.41 Å². The first-order chi connectivity index (χ1) is 9.39. The third-order valence-corrected chi connectivity index (χ3v) is 3.44. The molecule has 0 spiro atoms. The van der Waals surface area contributed by atoms with Crippen LogP contribution in [0.4, 0.5) is 0 Å². The van der Waals surface area contributed by atoms with Gasteiger partial charge in [0.15, 0.2) is 5.70 Å². The van der Waals surface area contributed by atoms with Crippen LogP contribution in [0.1, 0.15) is 25.8 Å². The lowest BCUT2D eigenvalue weighted by molar-refractivity contribution is -0.653. The lowest BCUT2D eigenvalue weighted by Crippen LogP contribution is -2.84. The van der Waals surface area contributed by atoms with Gasteiger partial charge in [-0.3, -0.25) is 14.9 Å². The van der Waals surface area contributed by atoms with Crippen LogP contribution in [0.3, 0.4) is 0 Å². The van der Waals surface area contributed by atoms with Crippen molar-refractivity contribution in [2.75, 3.05) is 0 Å². The second kappa shape index (κ2) is 5.54. The van der Waals surface area contributed by atoms with Crippen molar-refractivity contribution in [3.05, 3.63) is 57.8 Å². The van der Waals surface area contributed by atoms with E-state index >= 15 is 0 Å². The number of quaternary nitrogens is 1. The largest absolute Gasteiger partial charge is 0.341 e. The summed E-state index contributed by atoms with van der Waals surface area (Å²) in [5.74, 6) is -0.304. The summed E-state index contributed by atoms with van der Waals surface area (Å²) in [5.41, 5.74) is 1.29. The maximum Gasteiger partial charge on any atom is 0.341 e. The van der Waals surface area contributed by atoms with E-state index in [4.69, 9.17) is 0 Å². The second-order valence-corrected chi connectivity index (χ2v) is 5.86. The van der Waals surface area contributed by atoms with Gasteiger partial charge in [-0.1, -0.05) is 44.2 Å². The first kappa shape index (κ1) is 14.4. The van der Waals surface area contributed by atoms with Crippen LogP contribution in [0.5, 0.6) is 0 Å². The predicted octanol–water partition coefficient (Wildman–Crippen LogP) is 1.28. The highest BCUT2D eigenvalue weighted by atomic mass is 16.6. The lowest BCUT2D eigenvalue weighted by Gasteiger charge is -2.26. The predicted molar refractivity (Wildman–Crippen MR) is 74.3 cm³/mol. The fourth-order valence-corrected chi connectivity index (χ4v) is 2.57. The van der Waals surface area contributed by atoms with Gasteiger partial charge in [0.1, 0.15) is 6.54 Å². The number of allylic oxidation sites excluding steroid dienone is 1. The molecule has 2 N–H and O–H groups in total. The molecule has 0 amide bonds. The number of hydrogen-bond donors (Lipinski definition) is 1. The van der Waals surface area contributed by atoms with Gasteiger partial charge < -0.3 is 5.32 Å². The summed E-state index contributed by atoms with van der Waals surface area (Å²) in [6, 6.07) is 8.52. The first-order valence-corrected chi connectivity index (χ1v) is 6.65. The van der Waals surface area contributed by atoms with Crippen molar-refractivity contribution >= 4 is 5.78 Å². The Morgan fingerprint density at radius 2 is 2.00 bits per heavy atom. The van der Waals surface area contributed by atoms with E-state index in [-0.39, 0.29) is 17.6 Å². The van der Waals surface area contributed by atoms with Crippen LogP contribution < -0.4 is 5.32 Å². The molecule has 0 bridgehead atoms. The topological polar surface area (TPSA) is 76.8 Å². The van der Waals surface area contributed by atoms with E-state index in [0.717, 1.165) is 5.56 Å². The molecule has 0 radical (unpaired) electrons. The third kappa shape index (κ3) is 3.30. The van der Waals surface area contributed by atoms with Gasteiger partial charge in [-0.15, -0.1) is 0 Å². The molecule has 5 nitrogen and oxygen atoms in total. The zero-order chi connectivity index (χ0) is 14.8. The number of nitrogens with two attached hydrogens (primary N) is 1. The van der Waals surface area contributed by atoms with Crippen molar-refractivity contribution in [3.8, 4) is 0 Å². The van der Waals surface area contributed by atoms with E-state index in [0.29, 0.717) is 12.2 Å². The number of rotatable bonds is 4. The minimum atomic E-state index is -1.20. The highest BCUT2D eigenvalue weighted by Crippen LogP contribution is 2.30. The fraction of sp³-hybridized carbons (Fsp3) is 0.400. The molecule has 0 aliphatic heterocycles. The zero-order valence-electron chi connectivity index (χ0n) is 11.7. The molecule has 1 aliphatic carbocycles. The Balaban J connectivity index is 2.19. The number of ketones is 1. The van der Waals surface area contributed by atoms with Crippen molar-refractivity contribution in [3.63, 3.8) is 0 Å². The van der Waals surface area contributed by atoms with Crippen LogP contribution in [0.2, 0.25) is 0 Å². The fourth-order valence-electron chi connectivity index (χ4n) is 2.57. The zero-order valence-corrected chi connectivity index (χ0v) is 11.7. The molecule has 1 aromatic carbocycles. The first-order valence-electron chi connectivity index (χ1n) is 6.65. The Labute approximate surface area is 117 Å². The molecular formula is C15H19N2O3+. The summed E-state index contributed by atoms with van der Waals surface area (Å²) >= 11 is 0. The summed E-state index contributed by atoms with van der Waals surface area (Å²) in [6.07, 6.45) is 2.09. The number of nitro groups is 1. The number of Topliss-reactive ketones (excluding diaryl/α,β-unsaturated/α-hetero) is 1. The van der Waals surface area contributed by atoms with E-state index in [1.165, 1.54) is 0 Å². The van der Waals surface area contributed by atoms with Crippen LogP contribution in [0, 0.1) is 15.5 Å². The Bertz CT molecular complexity index is 549. The molecule has 20 heavy (non-hydrogen) atoms. The van der Waals surface area contributed by atoms with Crippen LogP contribution in [0.15, 0.2) is 42.1 Å². The van der Waals surface area contributed by atoms with Gasteiger partial charge in [-0.25, -0.2) is 0 Å². The number of nitrogens with zero attached hydrogens (tertiary/aromatic N) is 1. The molecule has 0 aromatic heterocycles. The molecule has 0 saturated carbocycles. The lowest BCUT2D eigenvalue weighted by atomic mass is 9.79. The summed E-state index contributed by atoms with van der Waals surface area (Å²) in [5, 5.41) is 12.9. The number of carbonyl (C=O) groups excluding carboxylic acids is 1. The SMILES string of the molecule is CC1(C)C=C([NH2+]Cc2ccccc2)[C@H]([N+](=O)[O-])C(=O)C1. The second-order valence-electron chi connectivity index (χ2n) is 5.86. The third-order valence-electron chi connectivity index (χ3n) is 3.44. The van der Waals surface area contributed by atoms with Gasteiger partial charge >= 0.3 is 6.04 Å². The van der Waals surface area contributed by atoms with E-state index in [1.54, 1.807) is 0 Å². The Morgan fingerprint density at radius 3 is 2.60 bits per heavy atom. The molecule has 0 heterocycles. The van der Waals surface area contributed by atoms with Gasteiger partial charge in [-0.05, 0) is 11.5 Å². The van der Waals surface area contributed by atoms with E-state index < -0.39 is 11.0 Å². The minimum absolute atomic E-state index is 0.224. The molecule has 2 rings (SSSR count). The van der Waals surface area contributed by atoms with Crippen LogP contribution in [-0.4, -0.2) is 16.7 Å². The van der Waals surface area contributed by atoms with Crippen LogP contribution in [-0.2, 0) is 11.3 Å². The smallest absolute Gasteiger partial charge is 0.308 e. The molecule has 1 aromatic rings. The Hall–Kier alpha value is -2.01. The maximum absolute atomic E-state index is 12.0. The molecule has 106 valence electrons. The van der Waals surface area contributed by atoms with Crippen LogP contribution >= 0.6 is 0 Å². The molecular weight excluding hydrogens is 256 g/mol. The molecule has 1 aliphatic rings. The van der Waals surface area contributed by atoms with Crippen molar-refractivity contribution < 1.29 is 15.0 Å². The number of carbonyl (C=O) groups is 1. The summed E-state index contributed by atoms with van der Waals surface area (Å²) in [4.78, 5) is 22.6. The Morgan fingerprint density at radius 1 is 1.35 bits per heavy atom. The van der Waals surface area contributed by atoms with Gasteiger partial charge in [0, 0.05) is 16.9 Å². The van der Waals surface area contributed by atoms with Gasteiger partial charge in [-0.2, -0.15) is 0 Å². The van der Waals surface area contributed by atoms with Gasteiger partial charge in [0.2, 0.25) is 5.78 Å².